The molecule has 0 aliphatic rings. The van der Waals surface area contributed by atoms with Crippen LogP contribution in [0.1, 0.15) is 23.8 Å². The van der Waals surface area contributed by atoms with Gasteiger partial charge in [0.1, 0.15) is 5.69 Å². The molecule has 0 spiro atoms. The zero-order valence-electron chi connectivity index (χ0n) is 7.37. The summed E-state index contributed by atoms with van der Waals surface area (Å²) >= 11 is 0. The number of carbonyl (C=O) groups excluding carboxylic acids is 1. The number of rotatable bonds is 2. The molecule has 0 unspecified atom stereocenters. The van der Waals surface area contributed by atoms with Crippen LogP contribution in [0, 0.1) is 11.8 Å². The Morgan fingerprint density at radius 3 is 2.92 bits per heavy atom. The predicted octanol–water partition coefficient (Wildman–Crippen LogP) is 1.26. The molecule has 0 aromatic carbocycles. The molecule has 0 amide bonds. The van der Waals surface area contributed by atoms with Crippen molar-refractivity contribution in [3.05, 3.63) is 24.0 Å². The van der Waals surface area contributed by atoms with Gasteiger partial charge >= 0.3 is 0 Å². The normalized spacial score (nSPS) is 8.69. The van der Waals surface area contributed by atoms with Gasteiger partial charge in [0, 0.05) is 0 Å². The third-order valence-electron chi connectivity index (χ3n) is 1.50. The number of nitrogens with zero attached hydrogens (tertiary/aromatic N) is 1. The fourth-order valence-electron chi connectivity index (χ4n) is 0.829. The smallest absolute Gasteiger partial charge is 0.193 e. The second kappa shape index (κ2) is 4.27. The number of pyridine rings is 1. The largest absolute Gasteiger partial charge is 0.397 e. The standard InChI is InChI=1S/C10H10N2O/c1-2-3-4-10(13)9-6-5-8(11)7-12-9/h5-7H,4,11H2,1H3. The molecule has 0 atom stereocenters. The van der Waals surface area contributed by atoms with Gasteiger partial charge in [-0.25, -0.2) is 0 Å². The van der Waals surface area contributed by atoms with Crippen LogP contribution in [-0.4, -0.2) is 10.8 Å². The van der Waals surface area contributed by atoms with Crippen LogP contribution in [-0.2, 0) is 0 Å². The Labute approximate surface area is 77.0 Å². The van der Waals surface area contributed by atoms with Gasteiger partial charge in [-0.3, -0.25) is 9.78 Å². The lowest BCUT2D eigenvalue weighted by molar-refractivity contribution is 0.0993. The molecule has 0 saturated carbocycles. The average molecular weight is 174 g/mol. The van der Waals surface area contributed by atoms with E-state index in [0.29, 0.717) is 11.4 Å². The lowest BCUT2D eigenvalue weighted by Gasteiger charge is -1.95. The molecule has 3 nitrogen and oxygen atoms in total. The van der Waals surface area contributed by atoms with Crippen LogP contribution in [0.4, 0.5) is 5.69 Å². The molecule has 2 N–H and O–H groups in total. The van der Waals surface area contributed by atoms with Crippen molar-refractivity contribution in [2.75, 3.05) is 5.73 Å². The minimum absolute atomic E-state index is 0.0747. The lowest BCUT2D eigenvalue weighted by Crippen LogP contribution is -2.01. The first kappa shape index (κ1) is 9.27. The number of hydrogen-bond donors (Lipinski definition) is 1. The zero-order chi connectivity index (χ0) is 9.68. The molecule has 13 heavy (non-hydrogen) atoms. The summed E-state index contributed by atoms with van der Waals surface area (Å²) in [6.45, 7) is 1.70. The molecule has 0 radical (unpaired) electrons. The SMILES string of the molecule is CC#CCC(=O)c1ccc(N)cn1. The van der Waals surface area contributed by atoms with E-state index in [1.54, 1.807) is 19.1 Å². The molecule has 1 aromatic heterocycles. The Morgan fingerprint density at radius 2 is 2.38 bits per heavy atom. The van der Waals surface area contributed by atoms with Crippen molar-refractivity contribution in [1.29, 1.82) is 0 Å². The van der Waals surface area contributed by atoms with Crippen molar-refractivity contribution in [3.8, 4) is 11.8 Å². The number of anilines is 1. The van der Waals surface area contributed by atoms with Crippen molar-refractivity contribution in [3.63, 3.8) is 0 Å². The minimum Gasteiger partial charge on any atom is -0.397 e. The molecular weight excluding hydrogens is 164 g/mol. The summed E-state index contributed by atoms with van der Waals surface area (Å²) in [6, 6.07) is 3.26. The maximum Gasteiger partial charge on any atom is 0.193 e. The van der Waals surface area contributed by atoms with Crippen molar-refractivity contribution < 1.29 is 4.79 Å². The van der Waals surface area contributed by atoms with E-state index in [9.17, 15) is 4.79 Å². The van der Waals surface area contributed by atoms with Gasteiger partial charge in [0.2, 0.25) is 0 Å². The number of nitrogens with two attached hydrogens (primary N) is 1. The fourth-order valence-corrected chi connectivity index (χ4v) is 0.829. The minimum atomic E-state index is -0.0747. The Balaban J connectivity index is 2.76. The molecule has 1 aromatic rings. The number of hydrogen-bond acceptors (Lipinski definition) is 3. The second-order valence-electron chi connectivity index (χ2n) is 2.50. The molecule has 0 aliphatic carbocycles. The van der Waals surface area contributed by atoms with Crippen molar-refractivity contribution in [1.82, 2.24) is 4.98 Å². The highest BCUT2D eigenvalue weighted by Gasteiger charge is 2.03. The number of Topliss-reactive ketones (excluding diaryl/α,β-unsaturated/α-hetero) is 1. The maximum absolute atomic E-state index is 11.3. The summed E-state index contributed by atoms with van der Waals surface area (Å²) in [4.78, 5) is 15.2. The van der Waals surface area contributed by atoms with E-state index in [-0.39, 0.29) is 12.2 Å². The van der Waals surface area contributed by atoms with Gasteiger partial charge in [-0.15, -0.1) is 5.92 Å². The number of carbonyl (C=O) groups is 1. The van der Waals surface area contributed by atoms with Crippen molar-refractivity contribution in [2.45, 2.75) is 13.3 Å². The van der Waals surface area contributed by atoms with Crippen LogP contribution >= 0.6 is 0 Å². The van der Waals surface area contributed by atoms with Gasteiger partial charge < -0.3 is 5.73 Å². The van der Waals surface area contributed by atoms with Crippen LogP contribution in [0.25, 0.3) is 0 Å². The Morgan fingerprint density at radius 1 is 1.62 bits per heavy atom. The Bertz CT molecular complexity index is 357. The van der Waals surface area contributed by atoms with Crippen LogP contribution in [0.15, 0.2) is 18.3 Å². The van der Waals surface area contributed by atoms with E-state index in [1.807, 2.05) is 0 Å². The zero-order valence-corrected chi connectivity index (χ0v) is 7.37. The highest BCUT2D eigenvalue weighted by Crippen LogP contribution is 2.03. The third-order valence-corrected chi connectivity index (χ3v) is 1.50. The van der Waals surface area contributed by atoms with Gasteiger partial charge in [-0.2, -0.15) is 0 Å². The summed E-state index contributed by atoms with van der Waals surface area (Å²) in [5.74, 6) is 5.27. The van der Waals surface area contributed by atoms with Crippen LogP contribution in [0.5, 0.6) is 0 Å². The van der Waals surface area contributed by atoms with E-state index >= 15 is 0 Å². The van der Waals surface area contributed by atoms with E-state index in [2.05, 4.69) is 16.8 Å². The number of ketones is 1. The highest BCUT2D eigenvalue weighted by molar-refractivity contribution is 5.95. The summed E-state index contributed by atoms with van der Waals surface area (Å²) < 4.78 is 0. The molecule has 0 aliphatic heterocycles. The van der Waals surface area contributed by atoms with E-state index in [0.717, 1.165) is 0 Å². The quantitative estimate of drug-likeness (QED) is 0.542. The lowest BCUT2D eigenvalue weighted by atomic mass is 10.2. The van der Waals surface area contributed by atoms with Gasteiger partial charge in [-0.05, 0) is 19.1 Å². The average Bonchev–Trinajstić information content (AvgIpc) is 2.15. The monoisotopic (exact) mass is 174 g/mol. The Kier molecular flexibility index (Phi) is 3.04. The molecule has 66 valence electrons. The molecule has 0 bridgehead atoms. The summed E-state index contributed by atoms with van der Waals surface area (Å²) in [5, 5.41) is 0. The van der Waals surface area contributed by atoms with Crippen molar-refractivity contribution in [2.24, 2.45) is 0 Å². The maximum atomic E-state index is 11.3. The van der Waals surface area contributed by atoms with Crippen molar-refractivity contribution >= 4 is 11.5 Å². The van der Waals surface area contributed by atoms with Crippen LogP contribution in [0.2, 0.25) is 0 Å². The molecule has 3 heteroatoms. The molecule has 0 fully saturated rings. The highest BCUT2D eigenvalue weighted by atomic mass is 16.1. The number of nitrogen functional groups attached to an aromatic ring is 1. The summed E-state index contributed by atoms with van der Waals surface area (Å²) in [5.41, 5.74) is 6.39. The predicted molar refractivity (Wildman–Crippen MR) is 51.0 cm³/mol. The molecule has 1 heterocycles. The van der Waals surface area contributed by atoms with Crippen LogP contribution < -0.4 is 5.73 Å². The third kappa shape index (κ3) is 2.60. The Hall–Kier alpha value is -1.82. The second-order valence-corrected chi connectivity index (χ2v) is 2.50. The van der Waals surface area contributed by atoms with E-state index in [1.165, 1.54) is 6.20 Å². The molecular formula is C10H10N2O. The van der Waals surface area contributed by atoms with Gasteiger partial charge in [0.05, 0.1) is 18.3 Å². The van der Waals surface area contributed by atoms with Gasteiger partial charge in [0.15, 0.2) is 5.78 Å². The summed E-state index contributed by atoms with van der Waals surface area (Å²) in [7, 11) is 0. The van der Waals surface area contributed by atoms with Gasteiger partial charge in [0.25, 0.3) is 0 Å². The fraction of sp³-hybridized carbons (Fsp3) is 0.200. The topological polar surface area (TPSA) is 56.0 Å². The molecule has 0 saturated heterocycles. The first-order valence-corrected chi connectivity index (χ1v) is 3.88. The van der Waals surface area contributed by atoms with E-state index in [4.69, 9.17) is 5.73 Å². The summed E-state index contributed by atoms with van der Waals surface area (Å²) in [6.07, 6.45) is 1.68. The molecule has 1 rings (SSSR count). The first-order chi connectivity index (χ1) is 6.24. The van der Waals surface area contributed by atoms with E-state index < -0.39 is 0 Å². The first-order valence-electron chi connectivity index (χ1n) is 3.88. The van der Waals surface area contributed by atoms with Gasteiger partial charge in [-0.1, -0.05) is 5.92 Å². The van der Waals surface area contributed by atoms with Crippen LogP contribution in [0.3, 0.4) is 0 Å². The number of aromatic nitrogens is 1.